The van der Waals surface area contributed by atoms with E-state index in [1.807, 2.05) is 0 Å². The summed E-state index contributed by atoms with van der Waals surface area (Å²) in [5, 5.41) is 2.62. The second kappa shape index (κ2) is 5.00. The van der Waals surface area contributed by atoms with Crippen LogP contribution in [0.25, 0.3) is 0 Å². The standard InChI is InChI=1S/C12H12ClF3N2O/c1-6(11(19)18-8-2-3-8)10-9(13)4-7(5-17-10)12(14,15)16/h4-6,8H,2-3H2,1H3,(H,18,19)/t6-/m0/s1. The molecule has 1 aromatic rings. The van der Waals surface area contributed by atoms with Gasteiger partial charge < -0.3 is 5.32 Å². The summed E-state index contributed by atoms with van der Waals surface area (Å²) in [5.74, 6) is -0.938. The van der Waals surface area contributed by atoms with E-state index in [1.165, 1.54) is 0 Å². The Morgan fingerprint density at radius 1 is 1.53 bits per heavy atom. The van der Waals surface area contributed by atoms with Gasteiger partial charge in [-0.3, -0.25) is 9.78 Å². The number of amides is 1. The first-order valence-corrected chi connectivity index (χ1v) is 6.20. The quantitative estimate of drug-likeness (QED) is 0.930. The van der Waals surface area contributed by atoms with Crippen LogP contribution >= 0.6 is 11.6 Å². The molecule has 2 rings (SSSR count). The molecule has 3 nitrogen and oxygen atoms in total. The number of carbonyl (C=O) groups is 1. The van der Waals surface area contributed by atoms with Crippen molar-refractivity contribution in [2.45, 2.75) is 37.9 Å². The summed E-state index contributed by atoms with van der Waals surface area (Å²) in [6.07, 6.45) is -1.92. The maximum atomic E-state index is 12.5. The third kappa shape index (κ3) is 3.37. The molecule has 1 fully saturated rings. The molecule has 0 aliphatic heterocycles. The Bertz CT molecular complexity index is 500. The average Bonchev–Trinajstić information content (AvgIpc) is 3.10. The molecule has 104 valence electrons. The number of pyridine rings is 1. The summed E-state index contributed by atoms with van der Waals surface area (Å²) in [6.45, 7) is 1.57. The summed E-state index contributed by atoms with van der Waals surface area (Å²) in [4.78, 5) is 15.5. The lowest BCUT2D eigenvalue weighted by molar-refractivity contribution is -0.137. The summed E-state index contributed by atoms with van der Waals surface area (Å²) < 4.78 is 37.4. The van der Waals surface area contributed by atoms with Crippen molar-refractivity contribution in [3.8, 4) is 0 Å². The zero-order chi connectivity index (χ0) is 14.2. The van der Waals surface area contributed by atoms with Crippen LogP contribution in [0.1, 0.15) is 36.9 Å². The van der Waals surface area contributed by atoms with Crippen LogP contribution in [0.2, 0.25) is 5.02 Å². The van der Waals surface area contributed by atoms with Crippen molar-refractivity contribution in [3.05, 3.63) is 28.5 Å². The van der Waals surface area contributed by atoms with E-state index in [0.29, 0.717) is 6.20 Å². The Morgan fingerprint density at radius 3 is 2.63 bits per heavy atom. The highest BCUT2D eigenvalue weighted by atomic mass is 35.5. The summed E-state index contributed by atoms with van der Waals surface area (Å²) in [7, 11) is 0. The number of nitrogens with one attached hydrogen (secondary N) is 1. The minimum atomic E-state index is -4.49. The van der Waals surface area contributed by atoms with Crippen LogP contribution in [-0.4, -0.2) is 16.9 Å². The Balaban J connectivity index is 2.17. The highest BCUT2D eigenvalue weighted by Crippen LogP contribution is 2.33. The Labute approximate surface area is 113 Å². The molecule has 1 aromatic heterocycles. The molecule has 1 heterocycles. The first kappa shape index (κ1) is 14.1. The SMILES string of the molecule is C[C@H](C(=O)NC1CC1)c1ncc(C(F)(F)F)cc1Cl. The number of alkyl halides is 3. The van der Waals surface area contributed by atoms with E-state index in [1.54, 1.807) is 6.92 Å². The topological polar surface area (TPSA) is 42.0 Å². The predicted molar refractivity (Wildman–Crippen MR) is 63.8 cm³/mol. The minimum Gasteiger partial charge on any atom is -0.353 e. The zero-order valence-electron chi connectivity index (χ0n) is 10.1. The molecule has 0 aromatic carbocycles. The van der Waals surface area contributed by atoms with Crippen molar-refractivity contribution >= 4 is 17.5 Å². The number of nitrogens with zero attached hydrogens (tertiary/aromatic N) is 1. The first-order valence-electron chi connectivity index (χ1n) is 5.82. The lowest BCUT2D eigenvalue weighted by atomic mass is 10.1. The molecular weight excluding hydrogens is 281 g/mol. The van der Waals surface area contributed by atoms with Gasteiger partial charge in [-0.05, 0) is 25.8 Å². The smallest absolute Gasteiger partial charge is 0.353 e. The van der Waals surface area contributed by atoms with Crippen molar-refractivity contribution in [1.29, 1.82) is 0 Å². The fraction of sp³-hybridized carbons (Fsp3) is 0.500. The van der Waals surface area contributed by atoms with Crippen LogP contribution in [-0.2, 0) is 11.0 Å². The maximum Gasteiger partial charge on any atom is 0.417 e. The molecule has 1 aliphatic carbocycles. The molecule has 1 atom stereocenters. The predicted octanol–water partition coefficient (Wildman–Crippen LogP) is 3.14. The van der Waals surface area contributed by atoms with E-state index < -0.39 is 17.7 Å². The Kier molecular flexibility index (Phi) is 3.71. The van der Waals surface area contributed by atoms with Crippen LogP contribution in [0.5, 0.6) is 0 Å². The van der Waals surface area contributed by atoms with Gasteiger partial charge in [0, 0.05) is 12.2 Å². The number of hydrogen-bond donors (Lipinski definition) is 1. The third-order valence-corrected chi connectivity index (χ3v) is 3.23. The van der Waals surface area contributed by atoms with Crippen LogP contribution in [0.15, 0.2) is 12.3 Å². The van der Waals surface area contributed by atoms with Crippen LogP contribution in [0, 0.1) is 0 Å². The molecule has 1 saturated carbocycles. The van der Waals surface area contributed by atoms with Crippen LogP contribution < -0.4 is 5.32 Å². The highest BCUT2D eigenvalue weighted by Gasteiger charge is 2.33. The van der Waals surface area contributed by atoms with E-state index in [-0.39, 0.29) is 22.7 Å². The number of halogens is 4. The van der Waals surface area contributed by atoms with Gasteiger partial charge in [0.2, 0.25) is 5.91 Å². The molecule has 1 amide bonds. The average molecular weight is 293 g/mol. The normalized spacial score (nSPS) is 17.1. The molecular formula is C12H12ClF3N2O. The van der Waals surface area contributed by atoms with Gasteiger partial charge in [-0.25, -0.2) is 0 Å². The molecule has 1 aliphatic rings. The second-order valence-corrected chi connectivity index (χ2v) is 5.00. The summed E-state index contributed by atoms with van der Waals surface area (Å²) in [6, 6.07) is 0.980. The fourth-order valence-electron chi connectivity index (χ4n) is 1.60. The summed E-state index contributed by atoms with van der Waals surface area (Å²) >= 11 is 5.78. The van der Waals surface area contributed by atoms with E-state index >= 15 is 0 Å². The summed E-state index contributed by atoms with van der Waals surface area (Å²) in [5.41, 5.74) is -0.760. The maximum absolute atomic E-state index is 12.5. The van der Waals surface area contributed by atoms with E-state index in [2.05, 4.69) is 10.3 Å². The second-order valence-electron chi connectivity index (χ2n) is 4.59. The van der Waals surface area contributed by atoms with Crippen molar-refractivity contribution in [1.82, 2.24) is 10.3 Å². The van der Waals surface area contributed by atoms with E-state index in [9.17, 15) is 18.0 Å². The van der Waals surface area contributed by atoms with Gasteiger partial charge >= 0.3 is 6.18 Å². The van der Waals surface area contributed by atoms with Crippen molar-refractivity contribution < 1.29 is 18.0 Å². The van der Waals surface area contributed by atoms with Gasteiger partial charge in [0.25, 0.3) is 0 Å². The van der Waals surface area contributed by atoms with E-state index in [0.717, 1.165) is 18.9 Å². The Morgan fingerprint density at radius 2 is 2.16 bits per heavy atom. The van der Waals surface area contributed by atoms with Gasteiger partial charge in [0.05, 0.1) is 22.2 Å². The minimum absolute atomic E-state index is 0.145. The molecule has 1 N–H and O–H groups in total. The zero-order valence-corrected chi connectivity index (χ0v) is 10.8. The third-order valence-electron chi connectivity index (χ3n) is 2.92. The fourth-order valence-corrected chi connectivity index (χ4v) is 1.93. The highest BCUT2D eigenvalue weighted by molar-refractivity contribution is 6.31. The molecule has 0 unspecified atom stereocenters. The van der Waals surface area contributed by atoms with Crippen LogP contribution in [0.4, 0.5) is 13.2 Å². The Hall–Kier alpha value is -1.30. The van der Waals surface area contributed by atoms with E-state index in [4.69, 9.17) is 11.6 Å². The van der Waals surface area contributed by atoms with Gasteiger partial charge in [0.1, 0.15) is 0 Å². The van der Waals surface area contributed by atoms with Gasteiger partial charge in [-0.15, -0.1) is 0 Å². The molecule has 19 heavy (non-hydrogen) atoms. The van der Waals surface area contributed by atoms with Crippen LogP contribution in [0.3, 0.4) is 0 Å². The number of rotatable bonds is 3. The molecule has 0 bridgehead atoms. The van der Waals surface area contributed by atoms with Gasteiger partial charge in [-0.2, -0.15) is 13.2 Å². The van der Waals surface area contributed by atoms with Gasteiger partial charge in [-0.1, -0.05) is 11.6 Å². The monoisotopic (exact) mass is 292 g/mol. The van der Waals surface area contributed by atoms with Crippen molar-refractivity contribution in [2.24, 2.45) is 0 Å². The van der Waals surface area contributed by atoms with Crippen molar-refractivity contribution in [3.63, 3.8) is 0 Å². The molecule has 0 saturated heterocycles. The van der Waals surface area contributed by atoms with Crippen molar-refractivity contribution in [2.75, 3.05) is 0 Å². The molecule has 0 spiro atoms. The van der Waals surface area contributed by atoms with Gasteiger partial charge in [0.15, 0.2) is 0 Å². The largest absolute Gasteiger partial charge is 0.417 e. The number of aromatic nitrogens is 1. The lowest BCUT2D eigenvalue weighted by Gasteiger charge is -2.14. The molecule has 7 heteroatoms. The number of carbonyl (C=O) groups excluding carboxylic acids is 1. The molecule has 0 radical (unpaired) electrons. The lowest BCUT2D eigenvalue weighted by Crippen LogP contribution is -2.30. The number of hydrogen-bond acceptors (Lipinski definition) is 2. The first-order chi connectivity index (χ1) is 8.79.